The Morgan fingerprint density at radius 3 is 1.54 bits per heavy atom. The second kappa shape index (κ2) is 37.0. The van der Waals surface area contributed by atoms with Gasteiger partial charge in [0.2, 0.25) is 0 Å². The van der Waals surface area contributed by atoms with Gasteiger partial charge in [-0.1, -0.05) is 166 Å². The molecule has 19 heteroatoms. The van der Waals surface area contributed by atoms with E-state index >= 15 is 0 Å². The average Bonchev–Trinajstić information content (AvgIpc) is 4.05. The molecule has 2 rings (SSSR count). The number of aliphatic hydroxyl groups excluding tert-OH is 4. The summed E-state index contributed by atoms with van der Waals surface area (Å²) >= 11 is 0. The van der Waals surface area contributed by atoms with E-state index in [1.807, 2.05) is 12.2 Å². The van der Waals surface area contributed by atoms with Gasteiger partial charge in [-0.25, -0.2) is 9.13 Å². The molecule has 0 radical (unpaired) electrons. The fraction of sp³-hybridized carbons (Fsp3) is 0.837. The summed E-state index contributed by atoms with van der Waals surface area (Å²) < 4.78 is 55.2. The lowest BCUT2D eigenvalue weighted by atomic mass is 9.85. The maximum Gasteiger partial charge on any atom is 0.472 e. The van der Waals surface area contributed by atoms with Gasteiger partial charge in [0.25, 0.3) is 0 Å². The van der Waals surface area contributed by atoms with Crippen molar-refractivity contribution in [2.45, 2.75) is 249 Å². The van der Waals surface area contributed by atoms with Crippen LogP contribution < -0.4 is 0 Å². The number of carbonyl (C=O) groups excluding carboxylic acids is 2. The molecule has 7 unspecified atom stereocenters. The molecule has 1 aliphatic heterocycles. The van der Waals surface area contributed by atoms with Crippen LogP contribution in [0.5, 0.6) is 0 Å². The van der Waals surface area contributed by atoms with Crippen molar-refractivity contribution in [2.75, 3.05) is 13.2 Å². The van der Waals surface area contributed by atoms with E-state index in [9.17, 15) is 53.8 Å². The van der Waals surface area contributed by atoms with Gasteiger partial charge in [0.05, 0.1) is 18.8 Å². The first kappa shape index (κ1) is 62.3. The van der Waals surface area contributed by atoms with Crippen molar-refractivity contribution >= 4 is 27.6 Å². The second-order valence-corrected chi connectivity index (χ2v) is 20.9. The van der Waals surface area contributed by atoms with E-state index in [0.29, 0.717) is 19.3 Å². The lowest BCUT2D eigenvalue weighted by Crippen LogP contribution is -2.64. The highest BCUT2D eigenvalue weighted by atomic mass is 31.2. The molecule has 0 aromatic heterocycles. The van der Waals surface area contributed by atoms with Gasteiger partial charge in [0.15, 0.2) is 6.10 Å². The first-order chi connectivity index (χ1) is 32.6. The average molecular weight is 1010 g/mol. The number of allylic oxidation sites excluding steroid dienone is 4. The Balaban J connectivity index is 1.78. The van der Waals surface area contributed by atoms with Gasteiger partial charge in [-0.15, -0.1) is 0 Å². The molecule has 1 aliphatic carbocycles. The zero-order chi connectivity index (χ0) is 50.0. The monoisotopic (exact) mass is 1010 g/mol. The van der Waals surface area contributed by atoms with E-state index in [0.717, 1.165) is 51.4 Å². The Morgan fingerprint density at radius 2 is 0.985 bits per heavy atom. The zero-order valence-corrected chi connectivity index (χ0v) is 42.8. The molecule has 396 valence electrons. The molecular formula is C49H88O17P2. The van der Waals surface area contributed by atoms with Crippen molar-refractivity contribution in [3.8, 4) is 0 Å². The maximum absolute atomic E-state index is 13.0. The number of epoxide rings is 1. The summed E-state index contributed by atoms with van der Waals surface area (Å²) in [7, 11) is -10.7. The van der Waals surface area contributed by atoms with Crippen molar-refractivity contribution in [3.05, 3.63) is 36.5 Å². The summed E-state index contributed by atoms with van der Waals surface area (Å²) in [6, 6.07) is 0. The van der Waals surface area contributed by atoms with Gasteiger partial charge in [0.1, 0.15) is 43.2 Å². The van der Waals surface area contributed by atoms with Crippen LogP contribution in [-0.4, -0.2) is 115 Å². The van der Waals surface area contributed by atoms with Crippen LogP contribution in [0.2, 0.25) is 0 Å². The van der Waals surface area contributed by atoms with Gasteiger partial charge in [0, 0.05) is 12.8 Å². The van der Waals surface area contributed by atoms with Crippen LogP contribution in [0.4, 0.5) is 0 Å². The molecule has 2 aliphatic rings. The lowest BCUT2D eigenvalue weighted by molar-refractivity contribution is -0.216. The molecular weight excluding hydrogens is 922 g/mol. The molecule has 0 aromatic carbocycles. The topological polar surface area (TPSA) is 269 Å². The van der Waals surface area contributed by atoms with Crippen LogP contribution in [-0.2, 0) is 46.5 Å². The molecule has 1 saturated heterocycles. The fourth-order valence-electron chi connectivity index (χ4n) is 8.00. The molecule has 68 heavy (non-hydrogen) atoms. The van der Waals surface area contributed by atoms with Crippen molar-refractivity contribution in [2.24, 2.45) is 0 Å². The molecule has 7 N–H and O–H groups in total. The van der Waals surface area contributed by atoms with Crippen molar-refractivity contribution in [1.82, 2.24) is 0 Å². The van der Waals surface area contributed by atoms with Crippen LogP contribution in [0.25, 0.3) is 0 Å². The maximum atomic E-state index is 13.0. The van der Waals surface area contributed by atoms with Crippen LogP contribution >= 0.6 is 15.6 Å². The second-order valence-electron chi connectivity index (χ2n) is 18.3. The molecule has 0 amide bonds. The summed E-state index contributed by atoms with van der Waals surface area (Å²) in [6.45, 7) is 3.05. The smallest absolute Gasteiger partial charge is 0.462 e. The third-order valence-electron chi connectivity index (χ3n) is 12.1. The minimum Gasteiger partial charge on any atom is -0.462 e. The Labute approximate surface area is 406 Å². The number of unbranched alkanes of at least 4 members (excludes halogenated alkanes) is 20. The zero-order valence-electron chi connectivity index (χ0n) is 41.0. The van der Waals surface area contributed by atoms with Gasteiger partial charge >= 0.3 is 27.6 Å². The number of rotatable bonds is 42. The highest BCUT2D eigenvalue weighted by Gasteiger charge is 2.54. The van der Waals surface area contributed by atoms with Gasteiger partial charge in [-0.3, -0.25) is 23.2 Å². The van der Waals surface area contributed by atoms with Crippen LogP contribution in [0.1, 0.15) is 194 Å². The van der Waals surface area contributed by atoms with E-state index in [-0.39, 0.29) is 25.0 Å². The summed E-state index contributed by atoms with van der Waals surface area (Å²) in [5.74, 6) is -1.27. The minimum atomic E-state index is -5.37. The first-order valence-corrected chi connectivity index (χ1v) is 28.7. The number of hydrogen-bond acceptors (Lipinski definition) is 14. The molecule has 1 saturated carbocycles. The highest BCUT2D eigenvalue weighted by molar-refractivity contribution is 7.47. The SMILES string of the molecule is CCCCC/C=C\C/C=C\CC1OC1C/C=C\CCCC(=O)OC[C@H](COP(=O)(O)O[C@H]1C(O)C(O)C(O)[C@@H](OP(=O)(O)O)C1O)OC(=O)CCCCCCCCCCCCCCCCCCC. The number of phosphoric acid groups is 2. The predicted octanol–water partition coefficient (Wildman–Crippen LogP) is 9.28. The normalized spacial score (nSPS) is 24.5. The van der Waals surface area contributed by atoms with Crippen molar-refractivity contribution < 1.29 is 81.6 Å². The van der Waals surface area contributed by atoms with Crippen LogP contribution in [0.15, 0.2) is 36.5 Å². The Morgan fingerprint density at radius 1 is 0.529 bits per heavy atom. The Kier molecular flexibility index (Phi) is 33.9. The lowest BCUT2D eigenvalue weighted by Gasteiger charge is -2.43. The number of carbonyl (C=O) groups is 2. The Hall–Kier alpha value is -1.82. The van der Waals surface area contributed by atoms with E-state index in [2.05, 4.69) is 42.7 Å². The van der Waals surface area contributed by atoms with E-state index in [1.54, 1.807) is 0 Å². The minimum absolute atomic E-state index is 0.0322. The number of esters is 2. The quantitative estimate of drug-likeness (QED) is 0.00987. The summed E-state index contributed by atoms with van der Waals surface area (Å²) in [4.78, 5) is 54.4. The van der Waals surface area contributed by atoms with Crippen molar-refractivity contribution in [3.63, 3.8) is 0 Å². The molecule has 17 nitrogen and oxygen atoms in total. The van der Waals surface area contributed by atoms with E-state index < -0.39 is 83.5 Å². The summed E-state index contributed by atoms with van der Waals surface area (Å²) in [5.41, 5.74) is 0. The highest BCUT2D eigenvalue weighted by Crippen LogP contribution is 2.49. The predicted molar refractivity (Wildman–Crippen MR) is 259 cm³/mol. The van der Waals surface area contributed by atoms with Gasteiger partial charge in [-0.05, 0) is 51.4 Å². The van der Waals surface area contributed by atoms with E-state index in [4.69, 9.17) is 23.3 Å². The van der Waals surface area contributed by atoms with Crippen LogP contribution in [0.3, 0.4) is 0 Å². The third-order valence-corrected chi connectivity index (χ3v) is 13.6. The third kappa shape index (κ3) is 30.1. The Bertz CT molecular complexity index is 1520. The number of ether oxygens (including phenoxy) is 3. The molecule has 0 aromatic rings. The van der Waals surface area contributed by atoms with Gasteiger partial charge in [-0.2, -0.15) is 0 Å². The standard InChI is InChI=1S/C49H88O17P2/c1-3-5-7-9-11-13-14-15-16-17-18-19-20-22-24-26-32-36-43(51)63-39(38-62-68(59,60)66-49-46(54)44(52)45(53)48(47(49)55)65-67(56,57)58)37-61-42(50)35-31-28-27-30-34-41-40(64-41)33-29-25-23-21-12-10-8-6-4-2/h12,21,25,27,29-30,39-41,44-49,52-55H,3-11,13-20,22-24,26,28,31-38H2,1-2H3,(H,59,60)(H2,56,57,58)/b21-12-,29-25-,30-27-/t39-,40?,41?,44?,45?,46?,47?,48-,49+/m1/s1. The first-order valence-electron chi connectivity index (χ1n) is 25.7. The van der Waals surface area contributed by atoms with E-state index in [1.165, 1.54) is 96.3 Å². The number of hydrogen-bond donors (Lipinski definition) is 7. The van der Waals surface area contributed by atoms with Crippen LogP contribution in [0, 0.1) is 0 Å². The molecule has 0 bridgehead atoms. The van der Waals surface area contributed by atoms with Gasteiger partial charge < -0.3 is 49.3 Å². The fourth-order valence-corrected chi connectivity index (χ4v) is 9.54. The molecule has 0 spiro atoms. The summed E-state index contributed by atoms with van der Waals surface area (Å²) in [5, 5.41) is 41.3. The molecule has 1 heterocycles. The molecule has 2 fully saturated rings. The number of phosphoric ester groups is 2. The largest absolute Gasteiger partial charge is 0.472 e. The molecule has 10 atom stereocenters. The van der Waals surface area contributed by atoms with Crippen molar-refractivity contribution in [1.29, 1.82) is 0 Å². The number of aliphatic hydroxyl groups is 4. The summed E-state index contributed by atoms with van der Waals surface area (Å²) in [6.07, 6.45) is 26.9.